The van der Waals surface area contributed by atoms with E-state index in [1.165, 1.54) is 0 Å². The number of hydrogen-bond acceptors (Lipinski definition) is 4. The largest absolute Gasteiger partial charge is 0.356 e. The number of rotatable bonds is 3. The summed E-state index contributed by atoms with van der Waals surface area (Å²) in [6, 6.07) is 0.244. The Morgan fingerprint density at radius 1 is 1.17 bits per heavy atom. The Morgan fingerprint density at radius 3 is 2.39 bits per heavy atom. The first-order chi connectivity index (χ1) is 8.46. The molecule has 18 heavy (non-hydrogen) atoms. The Kier molecular flexibility index (Phi) is 4.27. The molecule has 1 heterocycles. The second-order valence-electron chi connectivity index (χ2n) is 5.63. The van der Waals surface area contributed by atoms with Gasteiger partial charge in [0.05, 0.1) is 11.5 Å². The lowest BCUT2D eigenvalue weighted by atomic mass is 9.86. The Bertz CT molecular complexity index is 400. The molecule has 2 aliphatic rings. The highest BCUT2D eigenvalue weighted by atomic mass is 32.2. The van der Waals surface area contributed by atoms with Gasteiger partial charge in [0.2, 0.25) is 5.91 Å². The third-order valence-corrected chi connectivity index (χ3v) is 5.87. The molecule has 0 spiro atoms. The fraction of sp³-hybridized carbons (Fsp3) is 0.917. The zero-order valence-corrected chi connectivity index (χ0v) is 11.4. The smallest absolute Gasteiger partial charge is 0.223 e. The Labute approximate surface area is 108 Å². The predicted molar refractivity (Wildman–Crippen MR) is 69.7 cm³/mol. The van der Waals surface area contributed by atoms with Gasteiger partial charge in [-0.05, 0) is 38.0 Å². The molecule has 1 atom stereocenters. The van der Waals surface area contributed by atoms with Crippen molar-refractivity contribution in [1.29, 1.82) is 0 Å². The van der Waals surface area contributed by atoms with E-state index in [2.05, 4.69) is 5.32 Å². The van der Waals surface area contributed by atoms with Crippen LogP contribution in [0.15, 0.2) is 0 Å². The molecule has 2 fully saturated rings. The summed E-state index contributed by atoms with van der Waals surface area (Å²) in [7, 11) is -2.84. The molecule has 1 unspecified atom stereocenters. The number of amides is 1. The van der Waals surface area contributed by atoms with Gasteiger partial charge in [-0.15, -0.1) is 0 Å². The van der Waals surface area contributed by atoms with E-state index >= 15 is 0 Å². The van der Waals surface area contributed by atoms with Gasteiger partial charge in [0.15, 0.2) is 9.84 Å². The van der Waals surface area contributed by atoms with Crippen molar-refractivity contribution in [2.45, 2.75) is 38.1 Å². The number of sulfone groups is 1. The van der Waals surface area contributed by atoms with Crippen LogP contribution in [0.25, 0.3) is 0 Å². The first-order valence-electron chi connectivity index (χ1n) is 6.70. The monoisotopic (exact) mass is 274 g/mol. The van der Waals surface area contributed by atoms with Crippen molar-refractivity contribution in [1.82, 2.24) is 5.32 Å². The lowest BCUT2D eigenvalue weighted by Gasteiger charge is -2.25. The van der Waals surface area contributed by atoms with Crippen LogP contribution >= 0.6 is 0 Å². The molecule has 0 aromatic carbocycles. The van der Waals surface area contributed by atoms with Gasteiger partial charge in [-0.3, -0.25) is 4.79 Å². The van der Waals surface area contributed by atoms with Crippen LogP contribution in [0.1, 0.15) is 32.1 Å². The maximum Gasteiger partial charge on any atom is 0.223 e. The van der Waals surface area contributed by atoms with Gasteiger partial charge in [0.25, 0.3) is 0 Å². The highest BCUT2D eigenvalue weighted by Gasteiger charge is 2.29. The van der Waals surface area contributed by atoms with Crippen LogP contribution in [-0.4, -0.2) is 38.4 Å². The van der Waals surface area contributed by atoms with E-state index in [1.54, 1.807) is 0 Å². The van der Waals surface area contributed by atoms with Crippen molar-refractivity contribution in [3.05, 3.63) is 0 Å². The standard InChI is InChI=1S/C12H22N2O3S/c13-11-3-1-10(2-4-11)12(15)14-7-9-5-6-18(16,17)8-9/h9-11H,1-8,13H2,(H,14,15). The van der Waals surface area contributed by atoms with Crippen molar-refractivity contribution >= 4 is 15.7 Å². The molecule has 1 amide bonds. The lowest BCUT2D eigenvalue weighted by molar-refractivity contribution is -0.126. The topological polar surface area (TPSA) is 89.3 Å². The highest BCUT2D eigenvalue weighted by molar-refractivity contribution is 7.91. The Morgan fingerprint density at radius 2 is 1.83 bits per heavy atom. The zero-order chi connectivity index (χ0) is 13.2. The van der Waals surface area contributed by atoms with Crippen molar-refractivity contribution < 1.29 is 13.2 Å². The number of nitrogens with one attached hydrogen (secondary N) is 1. The average Bonchev–Trinajstić information content (AvgIpc) is 2.67. The summed E-state index contributed by atoms with van der Waals surface area (Å²) >= 11 is 0. The Hall–Kier alpha value is -0.620. The molecule has 0 radical (unpaired) electrons. The van der Waals surface area contributed by atoms with Gasteiger partial charge in [0, 0.05) is 18.5 Å². The maximum absolute atomic E-state index is 11.9. The quantitative estimate of drug-likeness (QED) is 0.761. The van der Waals surface area contributed by atoms with Gasteiger partial charge in [-0.2, -0.15) is 0 Å². The van der Waals surface area contributed by atoms with E-state index in [9.17, 15) is 13.2 Å². The van der Waals surface area contributed by atoms with E-state index < -0.39 is 9.84 Å². The lowest BCUT2D eigenvalue weighted by Crippen LogP contribution is -2.38. The molecule has 0 bridgehead atoms. The molecule has 1 aliphatic heterocycles. The van der Waals surface area contributed by atoms with Crippen molar-refractivity contribution in [2.75, 3.05) is 18.1 Å². The van der Waals surface area contributed by atoms with Crippen LogP contribution in [0.4, 0.5) is 0 Å². The molecular weight excluding hydrogens is 252 g/mol. The second-order valence-corrected chi connectivity index (χ2v) is 7.85. The summed E-state index contributed by atoms with van der Waals surface area (Å²) in [4.78, 5) is 11.9. The number of carbonyl (C=O) groups is 1. The van der Waals surface area contributed by atoms with E-state index in [-0.39, 0.29) is 35.3 Å². The first kappa shape index (κ1) is 13.8. The van der Waals surface area contributed by atoms with E-state index in [0.717, 1.165) is 25.7 Å². The number of hydrogen-bond donors (Lipinski definition) is 2. The van der Waals surface area contributed by atoms with Crippen LogP contribution in [-0.2, 0) is 14.6 Å². The van der Waals surface area contributed by atoms with E-state index in [4.69, 9.17) is 5.73 Å². The molecule has 0 aromatic heterocycles. The van der Waals surface area contributed by atoms with E-state index in [0.29, 0.717) is 13.0 Å². The molecule has 1 saturated carbocycles. The summed E-state index contributed by atoms with van der Waals surface area (Å²) in [6.45, 7) is 0.501. The fourth-order valence-corrected chi connectivity index (χ4v) is 4.67. The highest BCUT2D eigenvalue weighted by Crippen LogP contribution is 2.23. The minimum absolute atomic E-state index is 0.0720. The molecular formula is C12H22N2O3S. The summed E-state index contributed by atoms with van der Waals surface area (Å²) in [6.07, 6.45) is 4.22. The van der Waals surface area contributed by atoms with Crippen molar-refractivity contribution in [3.8, 4) is 0 Å². The molecule has 0 aromatic rings. The maximum atomic E-state index is 11.9. The van der Waals surface area contributed by atoms with Gasteiger partial charge in [-0.25, -0.2) is 8.42 Å². The SMILES string of the molecule is NC1CCC(C(=O)NCC2CCS(=O)(=O)C2)CC1. The Balaban J connectivity index is 1.72. The third-order valence-electron chi connectivity index (χ3n) is 4.03. The first-order valence-corrected chi connectivity index (χ1v) is 8.52. The van der Waals surface area contributed by atoms with Crippen LogP contribution in [0, 0.1) is 11.8 Å². The molecule has 104 valence electrons. The van der Waals surface area contributed by atoms with Gasteiger partial charge in [-0.1, -0.05) is 0 Å². The van der Waals surface area contributed by atoms with Gasteiger partial charge >= 0.3 is 0 Å². The summed E-state index contributed by atoms with van der Waals surface area (Å²) in [5, 5.41) is 2.90. The summed E-state index contributed by atoms with van der Waals surface area (Å²) in [5.41, 5.74) is 5.80. The van der Waals surface area contributed by atoms with Gasteiger partial charge < -0.3 is 11.1 Å². The van der Waals surface area contributed by atoms with Crippen LogP contribution < -0.4 is 11.1 Å². The third kappa shape index (κ3) is 3.68. The van der Waals surface area contributed by atoms with Crippen molar-refractivity contribution in [3.63, 3.8) is 0 Å². The van der Waals surface area contributed by atoms with Gasteiger partial charge in [0.1, 0.15) is 0 Å². The summed E-state index contributed by atoms with van der Waals surface area (Å²) in [5.74, 6) is 0.744. The average molecular weight is 274 g/mol. The number of nitrogens with two attached hydrogens (primary N) is 1. The second kappa shape index (κ2) is 5.57. The molecule has 6 heteroatoms. The van der Waals surface area contributed by atoms with Crippen LogP contribution in [0.5, 0.6) is 0 Å². The fourth-order valence-electron chi connectivity index (χ4n) is 2.80. The zero-order valence-electron chi connectivity index (χ0n) is 10.6. The molecule has 1 saturated heterocycles. The molecule has 2 rings (SSSR count). The summed E-state index contributed by atoms with van der Waals surface area (Å²) < 4.78 is 22.6. The number of carbonyl (C=O) groups excluding carboxylic acids is 1. The van der Waals surface area contributed by atoms with Crippen LogP contribution in [0.3, 0.4) is 0 Å². The molecule has 3 N–H and O–H groups in total. The van der Waals surface area contributed by atoms with Crippen molar-refractivity contribution in [2.24, 2.45) is 17.6 Å². The molecule has 5 nitrogen and oxygen atoms in total. The van der Waals surface area contributed by atoms with Crippen LogP contribution in [0.2, 0.25) is 0 Å². The predicted octanol–water partition coefficient (Wildman–Crippen LogP) is 0.0548. The minimum Gasteiger partial charge on any atom is -0.356 e. The minimum atomic E-state index is -2.84. The molecule has 1 aliphatic carbocycles. The van der Waals surface area contributed by atoms with E-state index in [1.807, 2.05) is 0 Å². The normalized spacial score (nSPS) is 35.3.